The lowest BCUT2D eigenvalue weighted by molar-refractivity contribution is 0.447. The van der Waals surface area contributed by atoms with Crippen LogP contribution in [-0.2, 0) is 0 Å². The fraction of sp³-hybridized carbons (Fsp3) is 0.222. The van der Waals surface area contributed by atoms with Gasteiger partial charge in [0.2, 0.25) is 0 Å². The summed E-state index contributed by atoms with van der Waals surface area (Å²) in [6.45, 7) is 3.13. The van der Waals surface area contributed by atoms with E-state index in [-0.39, 0.29) is 6.04 Å². The van der Waals surface area contributed by atoms with Gasteiger partial charge in [0.15, 0.2) is 0 Å². The molecule has 0 aliphatic carbocycles. The van der Waals surface area contributed by atoms with Crippen molar-refractivity contribution in [2.24, 2.45) is 0 Å². The molecule has 0 saturated heterocycles. The minimum absolute atomic E-state index is 0.105. The lowest BCUT2D eigenvalue weighted by Gasteiger charge is -2.17. The number of furan rings is 1. The van der Waals surface area contributed by atoms with Gasteiger partial charge in [-0.2, -0.15) is 0 Å². The molecule has 1 atom stereocenters. The Morgan fingerprint density at radius 1 is 1.10 bits per heavy atom. The molecule has 0 bridgehead atoms. The number of hydrogen-bond acceptors (Lipinski definition) is 2. The molecule has 2 nitrogen and oxygen atoms in total. The standard InChI is InChI=1S/C18H18BrNO/c1-2-9-20-18(17-4-3-10-21-17)15-6-5-14-12-16(19)8-7-13(14)11-15/h3-8,10-12,18,20H,2,9H2,1H3. The Kier molecular flexibility index (Phi) is 4.42. The van der Waals surface area contributed by atoms with Crippen molar-refractivity contribution in [3.63, 3.8) is 0 Å². The molecule has 1 unspecified atom stereocenters. The summed E-state index contributed by atoms with van der Waals surface area (Å²) in [6, 6.07) is 17.0. The second kappa shape index (κ2) is 6.46. The van der Waals surface area contributed by atoms with Gasteiger partial charge in [0.1, 0.15) is 5.76 Å². The van der Waals surface area contributed by atoms with Crippen LogP contribution in [0.4, 0.5) is 0 Å². The van der Waals surface area contributed by atoms with Crippen molar-refractivity contribution in [1.82, 2.24) is 5.32 Å². The van der Waals surface area contributed by atoms with E-state index in [1.54, 1.807) is 6.26 Å². The molecule has 1 heterocycles. The fourth-order valence-electron chi connectivity index (χ4n) is 2.54. The maximum absolute atomic E-state index is 5.61. The van der Waals surface area contributed by atoms with Gasteiger partial charge in [-0.15, -0.1) is 0 Å². The average molecular weight is 344 g/mol. The summed E-state index contributed by atoms with van der Waals surface area (Å²) in [7, 11) is 0. The highest BCUT2D eigenvalue weighted by Crippen LogP contribution is 2.27. The van der Waals surface area contributed by atoms with Crippen LogP contribution in [0.25, 0.3) is 10.8 Å². The Labute approximate surface area is 133 Å². The van der Waals surface area contributed by atoms with Gasteiger partial charge in [-0.05, 0) is 59.6 Å². The molecule has 0 fully saturated rings. The van der Waals surface area contributed by atoms with E-state index < -0.39 is 0 Å². The van der Waals surface area contributed by atoms with Crippen molar-refractivity contribution < 1.29 is 4.42 Å². The van der Waals surface area contributed by atoms with Crippen LogP contribution in [0.1, 0.15) is 30.7 Å². The highest BCUT2D eigenvalue weighted by Gasteiger charge is 2.16. The van der Waals surface area contributed by atoms with Crippen LogP contribution >= 0.6 is 15.9 Å². The van der Waals surface area contributed by atoms with Gasteiger partial charge >= 0.3 is 0 Å². The van der Waals surface area contributed by atoms with Crippen LogP contribution in [0.15, 0.2) is 63.7 Å². The van der Waals surface area contributed by atoms with Crippen LogP contribution in [-0.4, -0.2) is 6.54 Å². The molecular weight excluding hydrogens is 326 g/mol. The number of nitrogens with one attached hydrogen (secondary N) is 1. The number of rotatable bonds is 5. The van der Waals surface area contributed by atoms with Gasteiger partial charge in [-0.3, -0.25) is 0 Å². The molecule has 0 spiro atoms. The van der Waals surface area contributed by atoms with Crippen LogP contribution in [0.5, 0.6) is 0 Å². The zero-order chi connectivity index (χ0) is 14.7. The quantitative estimate of drug-likeness (QED) is 0.681. The zero-order valence-electron chi connectivity index (χ0n) is 12.0. The lowest BCUT2D eigenvalue weighted by Crippen LogP contribution is -2.22. The number of fused-ring (bicyclic) bond motifs is 1. The maximum Gasteiger partial charge on any atom is 0.125 e. The third kappa shape index (κ3) is 3.20. The molecule has 21 heavy (non-hydrogen) atoms. The molecule has 0 aliphatic heterocycles. The highest BCUT2D eigenvalue weighted by atomic mass is 79.9. The van der Waals surface area contributed by atoms with Crippen molar-refractivity contribution >= 4 is 26.7 Å². The first-order valence-electron chi connectivity index (χ1n) is 7.24. The molecule has 0 aliphatic rings. The summed E-state index contributed by atoms with van der Waals surface area (Å²) < 4.78 is 6.71. The monoisotopic (exact) mass is 343 g/mol. The van der Waals surface area contributed by atoms with Gasteiger partial charge in [0.05, 0.1) is 12.3 Å². The maximum atomic E-state index is 5.61. The van der Waals surface area contributed by atoms with Crippen LogP contribution < -0.4 is 5.32 Å². The molecule has 0 radical (unpaired) electrons. The van der Waals surface area contributed by atoms with Crippen LogP contribution in [0.3, 0.4) is 0 Å². The fourth-order valence-corrected chi connectivity index (χ4v) is 2.92. The normalized spacial score (nSPS) is 12.7. The smallest absolute Gasteiger partial charge is 0.125 e. The predicted octanol–water partition coefficient (Wildman–Crippen LogP) is 5.28. The molecule has 2 aromatic carbocycles. The molecule has 1 N–H and O–H groups in total. The second-order valence-corrected chi connectivity index (χ2v) is 6.07. The number of hydrogen-bond donors (Lipinski definition) is 1. The summed E-state index contributed by atoms with van der Waals surface area (Å²) in [5.74, 6) is 0.958. The zero-order valence-corrected chi connectivity index (χ0v) is 13.6. The average Bonchev–Trinajstić information content (AvgIpc) is 3.02. The third-order valence-corrected chi connectivity index (χ3v) is 4.08. The number of halogens is 1. The molecule has 3 aromatic rings. The van der Waals surface area contributed by atoms with E-state index in [0.29, 0.717) is 0 Å². The van der Waals surface area contributed by atoms with Gasteiger partial charge in [0.25, 0.3) is 0 Å². The predicted molar refractivity (Wildman–Crippen MR) is 90.5 cm³/mol. The van der Waals surface area contributed by atoms with E-state index >= 15 is 0 Å². The number of benzene rings is 2. The first kappa shape index (κ1) is 14.4. The second-order valence-electron chi connectivity index (χ2n) is 5.15. The summed E-state index contributed by atoms with van der Waals surface area (Å²) in [5, 5.41) is 6.04. The topological polar surface area (TPSA) is 25.2 Å². The van der Waals surface area contributed by atoms with Crippen molar-refractivity contribution in [2.75, 3.05) is 6.54 Å². The van der Waals surface area contributed by atoms with E-state index in [4.69, 9.17) is 4.42 Å². The SMILES string of the molecule is CCCNC(c1ccc2cc(Br)ccc2c1)c1ccco1. The van der Waals surface area contributed by atoms with Crippen LogP contribution in [0, 0.1) is 0 Å². The highest BCUT2D eigenvalue weighted by molar-refractivity contribution is 9.10. The van der Waals surface area contributed by atoms with Crippen molar-refractivity contribution in [1.29, 1.82) is 0 Å². The minimum Gasteiger partial charge on any atom is -0.467 e. The molecule has 1 aromatic heterocycles. The van der Waals surface area contributed by atoms with Gasteiger partial charge in [-0.1, -0.05) is 41.1 Å². The van der Waals surface area contributed by atoms with Gasteiger partial charge in [-0.25, -0.2) is 0 Å². The Balaban J connectivity index is 2.00. The van der Waals surface area contributed by atoms with Gasteiger partial charge in [0, 0.05) is 4.47 Å². The molecule has 0 saturated carbocycles. The third-order valence-electron chi connectivity index (χ3n) is 3.59. The molecule has 108 valence electrons. The van der Waals surface area contributed by atoms with Crippen LogP contribution in [0.2, 0.25) is 0 Å². The first-order chi connectivity index (χ1) is 10.3. The van der Waals surface area contributed by atoms with E-state index in [2.05, 4.69) is 64.6 Å². The summed E-state index contributed by atoms with van der Waals surface area (Å²) in [4.78, 5) is 0. The molecule has 3 heteroatoms. The largest absolute Gasteiger partial charge is 0.467 e. The molecule has 3 rings (SSSR count). The Bertz CT molecular complexity index is 721. The lowest BCUT2D eigenvalue weighted by atomic mass is 10.00. The summed E-state index contributed by atoms with van der Waals surface area (Å²) in [6.07, 6.45) is 2.83. The van der Waals surface area contributed by atoms with Crippen molar-refractivity contribution in [3.8, 4) is 0 Å². The first-order valence-corrected chi connectivity index (χ1v) is 8.03. The minimum atomic E-state index is 0.105. The van der Waals surface area contributed by atoms with E-state index in [1.807, 2.05) is 12.1 Å². The summed E-state index contributed by atoms with van der Waals surface area (Å²) >= 11 is 3.52. The van der Waals surface area contributed by atoms with Gasteiger partial charge < -0.3 is 9.73 Å². The van der Waals surface area contributed by atoms with Crippen molar-refractivity contribution in [3.05, 3.63) is 70.6 Å². The van der Waals surface area contributed by atoms with Crippen molar-refractivity contribution in [2.45, 2.75) is 19.4 Å². The Morgan fingerprint density at radius 2 is 1.90 bits per heavy atom. The van der Waals surface area contributed by atoms with E-state index in [9.17, 15) is 0 Å². The van der Waals surface area contributed by atoms with E-state index in [0.717, 1.165) is 23.2 Å². The Morgan fingerprint density at radius 3 is 2.67 bits per heavy atom. The summed E-state index contributed by atoms with van der Waals surface area (Å²) in [5.41, 5.74) is 1.23. The molecular formula is C18H18BrNO. The van der Waals surface area contributed by atoms with E-state index in [1.165, 1.54) is 16.3 Å². The Hall–Kier alpha value is -1.58. The molecule has 0 amide bonds.